The van der Waals surface area contributed by atoms with E-state index in [0.717, 1.165) is 5.56 Å². The maximum Gasteiger partial charge on any atom is 0.238 e. The highest BCUT2D eigenvalue weighted by atomic mass is 16.5. The Morgan fingerprint density at radius 3 is 2.73 bits per heavy atom. The van der Waals surface area contributed by atoms with Gasteiger partial charge >= 0.3 is 0 Å². The van der Waals surface area contributed by atoms with E-state index in [0.29, 0.717) is 11.6 Å². The van der Waals surface area contributed by atoms with Crippen LogP contribution in [0.5, 0.6) is 11.6 Å². The zero-order valence-electron chi connectivity index (χ0n) is 8.00. The molecule has 4 nitrogen and oxygen atoms in total. The Morgan fingerprint density at radius 2 is 2.00 bits per heavy atom. The number of aliphatic hydroxyl groups excluding tert-OH is 1. The molecule has 0 atom stereocenters. The van der Waals surface area contributed by atoms with Gasteiger partial charge in [0, 0.05) is 17.8 Å². The highest BCUT2D eigenvalue weighted by Gasteiger charge is 2.03. The molecule has 15 heavy (non-hydrogen) atoms. The van der Waals surface area contributed by atoms with E-state index >= 15 is 0 Å². The third-order valence-electron chi connectivity index (χ3n) is 1.91. The molecule has 0 fully saturated rings. The quantitative estimate of drug-likeness (QED) is 0.823. The summed E-state index contributed by atoms with van der Waals surface area (Å²) in [5.74, 6) is 1.01. The first-order chi connectivity index (χ1) is 7.40. The summed E-state index contributed by atoms with van der Waals surface area (Å²) in [4.78, 5) is 0. The fourth-order valence-electron chi connectivity index (χ4n) is 1.19. The standard InChI is InChI=1S/C11H10N2O2/c14-8-9-4-1-2-5-10(9)15-11-6-3-7-12-13-11/h1-7,14H,8H2. The molecule has 0 aliphatic carbocycles. The molecule has 0 saturated heterocycles. The van der Waals surface area contributed by atoms with Gasteiger partial charge in [0.15, 0.2) is 0 Å². The van der Waals surface area contributed by atoms with Crippen molar-refractivity contribution in [2.24, 2.45) is 0 Å². The summed E-state index contributed by atoms with van der Waals surface area (Å²) in [5, 5.41) is 16.6. The second kappa shape index (κ2) is 4.52. The predicted octanol–water partition coefficient (Wildman–Crippen LogP) is 1.76. The van der Waals surface area contributed by atoms with Gasteiger partial charge in [-0.15, -0.1) is 5.10 Å². The van der Waals surface area contributed by atoms with Crippen LogP contribution in [0.25, 0.3) is 0 Å². The Balaban J connectivity index is 2.24. The molecule has 0 unspecified atom stereocenters. The minimum absolute atomic E-state index is 0.0591. The zero-order chi connectivity index (χ0) is 10.5. The Morgan fingerprint density at radius 1 is 1.13 bits per heavy atom. The van der Waals surface area contributed by atoms with Crippen LogP contribution < -0.4 is 4.74 Å². The summed E-state index contributed by atoms with van der Waals surface area (Å²) in [6.45, 7) is -0.0591. The number of ether oxygens (including phenoxy) is 1. The van der Waals surface area contributed by atoms with Crippen LogP contribution >= 0.6 is 0 Å². The summed E-state index contributed by atoms with van der Waals surface area (Å²) in [6, 6.07) is 10.7. The molecular weight excluding hydrogens is 192 g/mol. The average Bonchev–Trinajstić information content (AvgIpc) is 2.31. The van der Waals surface area contributed by atoms with Crippen LogP contribution in [-0.4, -0.2) is 15.3 Å². The molecule has 2 aromatic rings. The molecule has 4 heteroatoms. The fraction of sp³-hybridized carbons (Fsp3) is 0.0909. The van der Waals surface area contributed by atoms with E-state index in [2.05, 4.69) is 10.2 Å². The van der Waals surface area contributed by atoms with Crippen molar-refractivity contribution in [3.05, 3.63) is 48.2 Å². The maximum absolute atomic E-state index is 9.08. The molecule has 0 spiro atoms. The van der Waals surface area contributed by atoms with Crippen molar-refractivity contribution in [2.75, 3.05) is 0 Å². The molecule has 0 aliphatic heterocycles. The lowest BCUT2D eigenvalue weighted by atomic mass is 10.2. The van der Waals surface area contributed by atoms with E-state index < -0.39 is 0 Å². The van der Waals surface area contributed by atoms with Crippen molar-refractivity contribution >= 4 is 0 Å². The van der Waals surface area contributed by atoms with Crippen LogP contribution in [0.4, 0.5) is 0 Å². The minimum atomic E-state index is -0.0591. The largest absolute Gasteiger partial charge is 0.437 e. The monoisotopic (exact) mass is 202 g/mol. The third kappa shape index (κ3) is 2.30. The van der Waals surface area contributed by atoms with Crippen molar-refractivity contribution < 1.29 is 9.84 Å². The molecule has 1 aromatic heterocycles. The lowest BCUT2D eigenvalue weighted by Crippen LogP contribution is -1.93. The van der Waals surface area contributed by atoms with Crippen molar-refractivity contribution in [3.63, 3.8) is 0 Å². The lowest BCUT2D eigenvalue weighted by molar-refractivity contribution is 0.276. The summed E-state index contributed by atoms with van der Waals surface area (Å²) < 4.78 is 5.47. The Kier molecular flexibility index (Phi) is 2.90. The molecular formula is C11H10N2O2. The van der Waals surface area contributed by atoms with Gasteiger partial charge in [0.25, 0.3) is 0 Å². The van der Waals surface area contributed by atoms with E-state index in [-0.39, 0.29) is 6.61 Å². The van der Waals surface area contributed by atoms with Gasteiger partial charge in [-0.3, -0.25) is 0 Å². The maximum atomic E-state index is 9.08. The van der Waals surface area contributed by atoms with E-state index in [1.165, 1.54) is 0 Å². The number of para-hydroxylation sites is 1. The molecule has 76 valence electrons. The summed E-state index contributed by atoms with van der Waals surface area (Å²) >= 11 is 0. The van der Waals surface area contributed by atoms with E-state index in [4.69, 9.17) is 9.84 Å². The summed E-state index contributed by atoms with van der Waals surface area (Å²) in [5.41, 5.74) is 0.725. The Hall–Kier alpha value is -1.94. The first-order valence-corrected chi connectivity index (χ1v) is 4.54. The van der Waals surface area contributed by atoms with Gasteiger partial charge < -0.3 is 9.84 Å². The average molecular weight is 202 g/mol. The van der Waals surface area contributed by atoms with E-state index in [9.17, 15) is 0 Å². The van der Waals surface area contributed by atoms with Gasteiger partial charge in [-0.2, -0.15) is 5.10 Å². The van der Waals surface area contributed by atoms with Crippen molar-refractivity contribution in [3.8, 4) is 11.6 Å². The number of aromatic nitrogens is 2. The number of nitrogens with zero attached hydrogens (tertiary/aromatic N) is 2. The fourth-order valence-corrected chi connectivity index (χ4v) is 1.19. The minimum Gasteiger partial charge on any atom is -0.437 e. The molecule has 1 heterocycles. The number of rotatable bonds is 3. The predicted molar refractivity (Wildman–Crippen MR) is 54.5 cm³/mol. The van der Waals surface area contributed by atoms with Gasteiger partial charge in [0.2, 0.25) is 5.88 Å². The number of hydrogen-bond donors (Lipinski definition) is 1. The molecule has 0 bridgehead atoms. The van der Waals surface area contributed by atoms with Crippen LogP contribution in [-0.2, 0) is 6.61 Å². The van der Waals surface area contributed by atoms with Gasteiger partial charge in [-0.05, 0) is 12.1 Å². The van der Waals surface area contributed by atoms with Gasteiger partial charge in [-0.25, -0.2) is 0 Å². The highest BCUT2D eigenvalue weighted by molar-refractivity contribution is 5.35. The lowest BCUT2D eigenvalue weighted by Gasteiger charge is -2.07. The van der Waals surface area contributed by atoms with Gasteiger partial charge in [0.1, 0.15) is 5.75 Å². The van der Waals surface area contributed by atoms with Gasteiger partial charge in [-0.1, -0.05) is 18.2 Å². The Bertz CT molecular complexity index is 432. The van der Waals surface area contributed by atoms with Crippen LogP contribution in [0.1, 0.15) is 5.56 Å². The third-order valence-corrected chi connectivity index (χ3v) is 1.91. The molecule has 1 N–H and O–H groups in total. The molecule has 0 aliphatic rings. The highest BCUT2D eigenvalue weighted by Crippen LogP contribution is 2.22. The molecule has 2 rings (SSSR count). The van der Waals surface area contributed by atoms with Crippen molar-refractivity contribution in [2.45, 2.75) is 6.61 Å². The number of benzene rings is 1. The smallest absolute Gasteiger partial charge is 0.238 e. The Labute approximate surface area is 87.2 Å². The summed E-state index contributed by atoms with van der Waals surface area (Å²) in [6.07, 6.45) is 1.57. The van der Waals surface area contributed by atoms with Crippen LogP contribution in [0.15, 0.2) is 42.6 Å². The van der Waals surface area contributed by atoms with Crippen LogP contribution in [0, 0.1) is 0 Å². The molecule has 0 amide bonds. The zero-order valence-corrected chi connectivity index (χ0v) is 8.00. The molecule has 0 saturated carbocycles. The SMILES string of the molecule is OCc1ccccc1Oc1cccnn1. The topological polar surface area (TPSA) is 55.2 Å². The molecule has 0 radical (unpaired) electrons. The second-order valence-electron chi connectivity index (χ2n) is 2.93. The first kappa shape index (κ1) is 9.61. The second-order valence-corrected chi connectivity index (χ2v) is 2.93. The number of aliphatic hydroxyl groups is 1. The van der Waals surface area contributed by atoms with Crippen LogP contribution in [0.3, 0.4) is 0 Å². The van der Waals surface area contributed by atoms with Gasteiger partial charge in [0.05, 0.1) is 6.61 Å². The van der Waals surface area contributed by atoms with E-state index in [1.807, 2.05) is 12.1 Å². The van der Waals surface area contributed by atoms with E-state index in [1.54, 1.807) is 30.5 Å². The van der Waals surface area contributed by atoms with Crippen molar-refractivity contribution in [1.82, 2.24) is 10.2 Å². The van der Waals surface area contributed by atoms with Crippen LogP contribution in [0.2, 0.25) is 0 Å². The van der Waals surface area contributed by atoms with Crippen molar-refractivity contribution in [1.29, 1.82) is 0 Å². The molecule has 1 aromatic carbocycles. The first-order valence-electron chi connectivity index (χ1n) is 4.54. The summed E-state index contributed by atoms with van der Waals surface area (Å²) in [7, 11) is 0. The number of hydrogen-bond acceptors (Lipinski definition) is 4. The normalized spacial score (nSPS) is 9.93.